The summed E-state index contributed by atoms with van der Waals surface area (Å²) in [7, 11) is 3.10. The number of carbonyl (C=O) groups excluding carboxylic acids is 2. The van der Waals surface area contributed by atoms with E-state index in [1.54, 1.807) is 18.9 Å². The van der Waals surface area contributed by atoms with Gasteiger partial charge in [0, 0.05) is 20.0 Å². The maximum atomic E-state index is 11.7. The van der Waals surface area contributed by atoms with Gasteiger partial charge in [0.15, 0.2) is 0 Å². The van der Waals surface area contributed by atoms with E-state index in [0.717, 1.165) is 12.8 Å². The monoisotopic (exact) mass is 243 g/mol. The molecule has 17 heavy (non-hydrogen) atoms. The Morgan fingerprint density at radius 3 is 2.41 bits per heavy atom. The number of hydrogen-bond acceptors (Lipinski definition) is 3. The summed E-state index contributed by atoms with van der Waals surface area (Å²) in [5, 5.41) is 0. The van der Waals surface area contributed by atoms with Crippen LogP contribution in [0.15, 0.2) is 0 Å². The van der Waals surface area contributed by atoms with Gasteiger partial charge in [0.2, 0.25) is 5.91 Å². The van der Waals surface area contributed by atoms with Crippen LogP contribution in [0.5, 0.6) is 0 Å². The minimum Gasteiger partial charge on any atom is -0.469 e. The Balaban J connectivity index is 3.84. The van der Waals surface area contributed by atoms with E-state index >= 15 is 0 Å². The van der Waals surface area contributed by atoms with Crippen molar-refractivity contribution >= 4 is 11.9 Å². The molecule has 0 fully saturated rings. The van der Waals surface area contributed by atoms with Crippen molar-refractivity contribution in [1.29, 1.82) is 0 Å². The highest BCUT2D eigenvalue weighted by molar-refractivity contribution is 5.77. The third-order valence-corrected chi connectivity index (χ3v) is 2.82. The predicted octanol–water partition coefficient (Wildman–Crippen LogP) is 2.22. The van der Waals surface area contributed by atoms with E-state index in [9.17, 15) is 9.59 Å². The van der Waals surface area contributed by atoms with Crippen molar-refractivity contribution in [2.75, 3.05) is 20.7 Å². The van der Waals surface area contributed by atoms with Crippen LogP contribution in [0.2, 0.25) is 0 Å². The molecule has 100 valence electrons. The molecule has 0 rings (SSSR count). The quantitative estimate of drug-likeness (QED) is 0.485. The summed E-state index contributed by atoms with van der Waals surface area (Å²) in [4.78, 5) is 24.6. The van der Waals surface area contributed by atoms with Crippen LogP contribution in [0.1, 0.15) is 46.0 Å². The number of amides is 1. The van der Waals surface area contributed by atoms with Crippen molar-refractivity contribution in [1.82, 2.24) is 4.90 Å². The minimum atomic E-state index is -0.268. The fourth-order valence-electron chi connectivity index (χ4n) is 1.68. The molecule has 1 amide bonds. The molecule has 0 aliphatic rings. The second-order valence-electron chi connectivity index (χ2n) is 4.51. The lowest BCUT2D eigenvalue weighted by Crippen LogP contribution is -2.34. The number of methoxy groups -OCH3 is 1. The standard InChI is InChI=1S/C13H25NO3/c1-5-6-7-8-9-12(15)14(3)10-11(2)13(16)17-4/h11H,5-10H2,1-4H3. The third-order valence-electron chi connectivity index (χ3n) is 2.82. The van der Waals surface area contributed by atoms with Crippen LogP contribution in [0.25, 0.3) is 0 Å². The molecule has 4 nitrogen and oxygen atoms in total. The largest absolute Gasteiger partial charge is 0.469 e. The Kier molecular flexibility index (Phi) is 8.46. The first kappa shape index (κ1) is 15.9. The lowest BCUT2D eigenvalue weighted by Gasteiger charge is -2.20. The Morgan fingerprint density at radius 2 is 1.88 bits per heavy atom. The average Bonchev–Trinajstić information content (AvgIpc) is 2.32. The molecular weight excluding hydrogens is 218 g/mol. The molecule has 0 N–H and O–H groups in total. The van der Waals surface area contributed by atoms with Crippen molar-refractivity contribution < 1.29 is 14.3 Å². The molecule has 0 aromatic rings. The second-order valence-corrected chi connectivity index (χ2v) is 4.51. The van der Waals surface area contributed by atoms with E-state index in [-0.39, 0.29) is 17.8 Å². The first-order valence-corrected chi connectivity index (χ1v) is 6.34. The van der Waals surface area contributed by atoms with Gasteiger partial charge in [0.25, 0.3) is 0 Å². The van der Waals surface area contributed by atoms with Crippen LogP contribution in [0.4, 0.5) is 0 Å². The Bertz CT molecular complexity index is 241. The summed E-state index contributed by atoms with van der Waals surface area (Å²) in [6.45, 7) is 4.35. The molecule has 0 radical (unpaired) electrons. The number of esters is 1. The van der Waals surface area contributed by atoms with Crippen molar-refractivity contribution in [2.45, 2.75) is 46.0 Å². The van der Waals surface area contributed by atoms with Gasteiger partial charge in [-0.15, -0.1) is 0 Å². The third kappa shape index (κ3) is 6.97. The molecular formula is C13H25NO3. The molecule has 0 aromatic heterocycles. The summed E-state index contributed by atoms with van der Waals surface area (Å²) < 4.78 is 4.63. The summed E-state index contributed by atoms with van der Waals surface area (Å²) in [6.07, 6.45) is 4.95. The first-order chi connectivity index (χ1) is 8.02. The van der Waals surface area contributed by atoms with E-state index in [0.29, 0.717) is 13.0 Å². The van der Waals surface area contributed by atoms with Crippen molar-refractivity contribution in [3.8, 4) is 0 Å². The van der Waals surface area contributed by atoms with E-state index < -0.39 is 0 Å². The zero-order valence-electron chi connectivity index (χ0n) is 11.5. The molecule has 1 atom stereocenters. The number of hydrogen-bond donors (Lipinski definition) is 0. The summed E-state index contributed by atoms with van der Waals surface area (Å²) in [5.41, 5.74) is 0. The number of carbonyl (C=O) groups is 2. The minimum absolute atomic E-state index is 0.108. The number of unbranched alkanes of at least 4 members (excludes halogenated alkanes) is 3. The molecule has 0 aromatic carbocycles. The second kappa shape index (κ2) is 9.02. The molecule has 0 heterocycles. The topological polar surface area (TPSA) is 46.6 Å². The van der Waals surface area contributed by atoms with E-state index in [1.165, 1.54) is 20.0 Å². The average molecular weight is 243 g/mol. The van der Waals surface area contributed by atoms with Gasteiger partial charge in [0.1, 0.15) is 0 Å². The summed E-state index contributed by atoms with van der Waals surface area (Å²) in [5.74, 6) is -0.419. The predicted molar refractivity (Wildman–Crippen MR) is 67.6 cm³/mol. The van der Waals surface area contributed by atoms with Gasteiger partial charge in [-0.2, -0.15) is 0 Å². The lowest BCUT2D eigenvalue weighted by atomic mass is 10.1. The molecule has 4 heteroatoms. The Hall–Kier alpha value is -1.06. The fraction of sp³-hybridized carbons (Fsp3) is 0.846. The molecule has 0 saturated heterocycles. The Labute approximate surface area is 104 Å². The maximum Gasteiger partial charge on any atom is 0.310 e. The zero-order valence-corrected chi connectivity index (χ0v) is 11.5. The molecule has 0 aliphatic heterocycles. The van der Waals surface area contributed by atoms with Crippen molar-refractivity contribution in [3.05, 3.63) is 0 Å². The van der Waals surface area contributed by atoms with Crippen LogP contribution in [-0.2, 0) is 14.3 Å². The SMILES string of the molecule is CCCCCCC(=O)N(C)CC(C)C(=O)OC. The summed E-state index contributed by atoms with van der Waals surface area (Å²) in [6, 6.07) is 0. The maximum absolute atomic E-state index is 11.7. The van der Waals surface area contributed by atoms with Gasteiger partial charge in [-0.25, -0.2) is 0 Å². The number of nitrogens with zero attached hydrogens (tertiary/aromatic N) is 1. The van der Waals surface area contributed by atoms with Crippen LogP contribution >= 0.6 is 0 Å². The van der Waals surface area contributed by atoms with Gasteiger partial charge < -0.3 is 9.64 Å². The van der Waals surface area contributed by atoms with E-state index in [1.807, 2.05) is 0 Å². The normalized spacial score (nSPS) is 12.0. The van der Waals surface area contributed by atoms with Gasteiger partial charge >= 0.3 is 5.97 Å². The van der Waals surface area contributed by atoms with Gasteiger partial charge in [0.05, 0.1) is 13.0 Å². The highest BCUT2D eigenvalue weighted by Crippen LogP contribution is 2.07. The lowest BCUT2D eigenvalue weighted by molar-refractivity contribution is -0.146. The fourth-order valence-corrected chi connectivity index (χ4v) is 1.68. The summed E-state index contributed by atoms with van der Waals surface area (Å²) >= 11 is 0. The molecule has 0 bridgehead atoms. The molecule has 1 unspecified atom stereocenters. The molecule has 0 saturated carbocycles. The van der Waals surface area contributed by atoms with Crippen LogP contribution < -0.4 is 0 Å². The van der Waals surface area contributed by atoms with Crippen molar-refractivity contribution in [3.63, 3.8) is 0 Å². The van der Waals surface area contributed by atoms with E-state index in [4.69, 9.17) is 0 Å². The Morgan fingerprint density at radius 1 is 1.24 bits per heavy atom. The van der Waals surface area contributed by atoms with Gasteiger partial charge in [-0.05, 0) is 6.42 Å². The number of rotatable bonds is 8. The van der Waals surface area contributed by atoms with Crippen LogP contribution in [0, 0.1) is 5.92 Å². The van der Waals surface area contributed by atoms with Gasteiger partial charge in [-0.1, -0.05) is 33.1 Å². The van der Waals surface area contributed by atoms with Crippen LogP contribution in [-0.4, -0.2) is 37.5 Å². The highest BCUT2D eigenvalue weighted by atomic mass is 16.5. The number of ether oxygens (including phenoxy) is 1. The van der Waals surface area contributed by atoms with Gasteiger partial charge in [-0.3, -0.25) is 9.59 Å². The zero-order chi connectivity index (χ0) is 13.3. The first-order valence-electron chi connectivity index (χ1n) is 6.34. The molecule has 0 aliphatic carbocycles. The highest BCUT2D eigenvalue weighted by Gasteiger charge is 2.18. The van der Waals surface area contributed by atoms with Crippen LogP contribution in [0.3, 0.4) is 0 Å². The smallest absolute Gasteiger partial charge is 0.310 e. The van der Waals surface area contributed by atoms with Crippen molar-refractivity contribution in [2.24, 2.45) is 5.92 Å². The van der Waals surface area contributed by atoms with E-state index in [2.05, 4.69) is 11.7 Å². The molecule has 0 spiro atoms.